The van der Waals surface area contributed by atoms with Gasteiger partial charge in [-0.05, 0) is 24.7 Å². The van der Waals surface area contributed by atoms with Crippen molar-refractivity contribution in [3.63, 3.8) is 0 Å². The van der Waals surface area contributed by atoms with Crippen LogP contribution in [0.2, 0.25) is 0 Å². The van der Waals surface area contributed by atoms with Gasteiger partial charge in [0.2, 0.25) is 11.8 Å². The summed E-state index contributed by atoms with van der Waals surface area (Å²) < 4.78 is 2.51. The average Bonchev–Trinajstić information content (AvgIpc) is 2.93. The minimum atomic E-state index is -0.123. The highest BCUT2D eigenvalue weighted by molar-refractivity contribution is 7.73. The molecular weight excluding hydrogens is 354 g/mol. The lowest BCUT2D eigenvalue weighted by Gasteiger charge is -2.11. The van der Waals surface area contributed by atoms with Crippen molar-refractivity contribution in [3.05, 3.63) is 39.2 Å². The van der Waals surface area contributed by atoms with E-state index in [1.165, 1.54) is 16.9 Å². The third-order valence-electron chi connectivity index (χ3n) is 3.70. The maximum absolute atomic E-state index is 12.2. The topological polar surface area (TPSA) is 63.1 Å². The molecule has 0 atom stereocenters. The molecule has 0 spiro atoms. The number of hydrogen-bond acceptors (Lipinski definition) is 4. The quantitative estimate of drug-likeness (QED) is 0.576. The molecule has 0 aliphatic rings. The van der Waals surface area contributed by atoms with Crippen molar-refractivity contribution in [3.8, 4) is 11.3 Å². The van der Waals surface area contributed by atoms with Crippen molar-refractivity contribution in [2.45, 2.75) is 27.3 Å². The smallest absolute Gasteiger partial charge is 0.240 e. The number of hydrogen-bond donors (Lipinski definition) is 2. The van der Waals surface area contributed by atoms with Crippen LogP contribution >= 0.6 is 23.6 Å². The molecule has 0 aliphatic heterocycles. The summed E-state index contributed by atoms with van der Waals surface area (Å²) in [5.41, 5.74) is 3.17. The lowest BCUT2D eigenvalue weighted by molar-refractivity contribution is -0.124. The molecule has 25 heavy (non-hydrogen) atoms. The van der Waals surface area contributed by atoms with Crippen LogP contribution in [0, 0.1) is 16.8 Å². The summed E-state index contributed by atoms with van der Waals surface area (Å²) in [4.78, 5) is 23.7. The molecule has 2 N–H and O–H groups in total. The van der Waals surface area contributed by atoms with Crippen LogP contribution in [0.3, 0.4) is 0 Å². The zero-order chi connectivity index (χ0) is 18.4. The summed E-state index contributed by atoms with van der Waals surface area (Å²) in [6, 6.07) is 8.14. The number of aromatic nitrogens is 1. The van der Waals surface area contributed by atoms with Crippen LogP contribution in [0.25, 0.3) is 11.3 Å². The van der Waals surface area contributed by atoms with Gasteiger partial charge in [-0.3, -0.25) is 9.59 Å². The summed E-state index contributed by atoms with van der Waals surface area (Å²) >= 11 is 6.81. The van der Waals surface area contributed by atoms with E-state index < -0.39 is 0 Å². The number of thiazole rings is 1. The van der Waals surface area contributed by atoms with Crippen LogP contribution in [0.15, 0.2) is 29.6 Å². The van der Waals surface area contributed by atoms with E-state index in [9.17, 15) is 9.59 Å². The van der Waals surface area contributed by atoms with Gasteiger partial charge in [-0.1, -0.05) is 43.7 Å². The summed E-state index contributed by atoms with van der Waals surface area (Å²) in [6.07, 6.45) is 0. The predicted molar refractivity (Wildman–Crippen MR) is 104 cm³/mol. The Kier molecular flexibility index (Phi) is 6.90. The van der Waals surface area contributed by atoms with Crippen LogP contribution in [0.1, 0.15) is 19.4 Å². The maximum Gasteiger partial charge on any atom is 0.240 e. The van der Waals surface area contributed by atoms with Gasteiger partial charge in [0.25, 0.3) is 0 Å². The van der Waals surface area contributed by atoms with Crippen molar-refractivity contribution in [2.75, 3.05) is 13.1 Å². The molecule has 0 unspecified atom stereocenters. The number of carbonyl (C=O) groups excluding carboxylic acids is 2. The van der Waals surface area contributed by atoms with Crippen LogP contribution in [-0.4, -0.2) is 29.5 Å². The van der Waals surface area contributed by atoms with Crippen molar-refractivity contribution in [1.29, 1.82) is 0 Å². The van der Waals surface area contributed by atoms with E-state index in [4.69, 9.17) is 12.2 Å². The van der Waals surface area contributed by atoms with E-state index in [2.05, 4.69) is 10.6 Å². The van der Waals surface area contributed by atoms with E-state index in [1.807, 2.05) is 55.0 Å². The number of carbonyl (C=O) groups is 2. The van der Waals surface area contributed by atoms with Gasteiger partial charge in [-0.2, -0.15) is 0 Å². The number of benzene rings is 1. The van der Waals surface area contributed by atoms with E-state index in [0.717, 1.165) is 11.3 Å². The first-order valence-electron chi connectivity index (χ1n) is 8.18. The summed E-state index contributed by atoms with van der Waals surface area (Å²) in [6.45, 7) is 6.69. The monoisotopic (exact) mass is 377 g/mol. The Morgan fingerprint density at radius 3 is 2.44 bits per heavy atom. The molecule has 7 heteroatoms. The molecule has 2 rings (SSSR count). The molecule has 2 amide bonds. The van der Waals surface area contributed by atoms with Gasteiger partial charge < -0.3 is 15.2 Å². The van der Waals surface area contributed by atoms with Gasteiger partial charge in [0.05, 0.1) is 5.69 Å². The fourth-order valence-electron chi connectivity index (χ4n) is 2.22. The SMILES string of the molecule is Cc1ccc(-c2csc(=S)n2CC(=O)NCCNC(=O)C(C)C)cc1. The van der Waals surface area contributed by atoms with Crippen LogP contribution in [0.4, 0.5) is 0 Å². The molecule has 0 bridgehead atoms. The van der Waals surface area contributed by atoms with E-state index >= 15 is 0 Å². The third-order valence-corrected chi connectivity index (χ3v) is 4.97. The molecule has 5 nitrogen and oxygen atoms in total. The molecule has 0 aliphatic carbocycles. The van der Waals surface area contributed by atoms with Gasteiger partial charge in [0.15, 0.2) is 3.95 Å². The fourth-order valence-corrected chi connectivity index (χ4v) is 3.29. The molecule has 1 aromatic heterocycles. The lowest BCUT2D eigenvalue weighted by Crippen LogP contribution is -2.37. The first-order chi connectivity index (χ1) is 11.9. The standard InChI is InChI=1S/C18H23N3O2S2/c1-12(2)17(23)20-9-8-19-16(22)10-21-15(11-25-18(21)24)14-6-4-13(3)5-7-14/h4-7,11-12H,8-10H2,1-3H3,(H,19,22)(H,20,23). The summed E-state index contributed by atoms with van der Waals surface area (Å²) in [7, 11) is 0. The zero-order valence-electron chi connectivity index (χ0n) is 14.7. The second kappa shape index (κ2) is 8.92. The first-order valence-corrected chi connectivity index (χ1v) is 9.47. The summed E-state index contributed by atoms with van der Waals surface area (Å²) in [5, 5.41) is 7.56. The van der Waals surface area contributed by atoms with E-state index in [-0.39, 0.29) is 24.3 Å². The second-order valence-electron chi connectivity index (χ2n) is 6.13. The molecule has 2 aromatic rings. The molecule has 0 fully saturated rings. The summed E-state index contributed by atoms with van der Waals surface area (Å²) in [5.74, 6) is -0.200. The van der Waals surface area contributed by atoms with E-state index in [1.54, 1.807) is 0 Å². The Labute approximate surface area is 157 Å². The van der Waals surface area contributed by atoms with E-state index in [0.29, 0.717) is 17.0 Å². The largest absolute Gasteiger partial charge is 0.354 e. The number of rotatable bonds is 7. The molecule has 1 aromatic carbocycles. The van der Waals surface area contributed by atoms with Crippen LogP contribution in [0.5, 0.6) is 0 Å². The maximum atomic E-state index is 12.2. The molecule has 134 valence electrons. The van der Waals surface area contributed by atoms with Gasteiger partial charge in [0, 0.05) is 24.4 Å². The number of nitrogens with zero attached hydrogens (tertiary/aromatic N) is 1. The minimum Gasteiger partial charge on any atom is -0.354 e. The number of aryl methyl sites for hydroxylation is 1. The Morgan fingerprint density at radius 2 is 1.80 bits per heavy atom. The zero-order valence-corrected chi connectivity index (χ0v) is 16.3. The van der Waals surface area contributed by atoms with Gasteiger partial charge in [-0.15, -0.1) is 11.3 Å². The van der Waals surface area contributed by atoms with Crippen LogP contribution < -0.4 is 10.6 Å². The highest BCUT2D eigenvalue weighted by Crippen LogP contribution is 2.24. The fraction of sp³-hybridized carbons (Fsp3) is 0.389. The molecule has 0 saturated carbocycles. The predicted octanol–water partition coefficient (Wildman–Crippen LogP) is 3.14. The molecule has 0 saturated heterocycles. The van der Waals surface area contributed by atoms with Crippen LogP contribution in [-0.2, 0) is 16.1 Å². The Bertz CT molecular complexity index is 791. The number of amides is 2. The Balaban J connectivity index is 1.95. The average molecular weight is 378 g/mol. The Morgan fingerprint density at radius 1 is 1.16 bits per heavy atom. The highest BCUT2D eigenvalue weighted by atomic mass is 32.1. The van der Waals surface area contributed by atoms with Crippen molar-refractivity contribution >= 4 is 35.4 Å². The Hall–Kier alpha value is -1.99. The normalized spacial score (nSPS) is 10.7. The van der Waals surface area contributed by atoms with Gasteiger partial charge in [0.1, 0.15) is 6.54 Å². The van der Waals surface area contributed by atoms with Gasteiger partial charge in [-0.25, -0.2) is 0 Å². The number of nitrogens with one attached hydrogen (secondary N) is 2. The highest BCUT2D eigenvalue weighted by Gasteiger charge is 2.11. The van der Waals surface area contributed by atoms with Crippen molar-refractivity contribution in [1.82, 2.24) is 15.2 Å². The second-order valence-corrected chi connectivity index (χ2v) is 7.64. The lowest BCUT2D eigenvalue weighted by atomic mass is 10.1. The van der Waals surface area contributed by atoms with Crippen molar-refractivity contribution < 1.29 is 9.59 Å². The minimum absolute atomic E-state index is 0.0176. The first kappa shape index (κ1) is 19.3. The molecular formula is C18H23N3O2S2. The van der Waals surface area contributed by atoms with Crippen molar-refractivity contribution in [2.24, 2.45) is 5.92 Å². The molecule has 1 heterocycles. The third kappa shape index (κ3) is 5.51. The van der Waals surface area contributed by atoms with Gasteiger partial charge >= 0.3 is 0 Å². The molecule has 0 radical (unpaired) electrons.